The van der Waals surface area contributed by atoms with E-state index < -0.39 is 0 Å². The van der Waals surface area contributed by atoms with Crippen molar-refractivity contribution in [2.75, 3.05) is 19.8 Å². The molecule has 2 rings (SSSR count). The van der Waals surface area contributed by atoms with Gasteiger partial charge in [-0.15, -0.1) is 0 Å². The molecule has 0 aliphatic heterocycles. The van der Waals surface area contributed by atoms with Gasteiger partial charge in [0.25, 0.3) is 0 Å². The molecule has 4 heteroatoms. The summed E-state index contributed by atoms with van der Waals surface area (Å²) in [6.07, 6.45) is 1.52. The summed E-state index contributed by atoms with van der Waals surface area (Å²) in [5.74, 6) is 1.82. The number of rotatable bonds is 6. The van der Waals surface area contributed by atoms with Crippen LogP contribution in [0.25, 0.3) is 0 Å². The first kappa shape index (κ1) is 12.7. The van der Waals surface area contributed by atoms with Crippen molar-refractivity contribution in [2.24, 2.45) is 11.7 Å². The lowest BCUT2D eigenvalue weighted by atomic mass is 10.1. The van der Waals surface area contributed by atoms with Gasteiger partial charge in [0.2, 0.25) is 0 Å². The summed E-state index contributed by atoms with van der Waals surface area (Å²) in [5, 5.41) is 0.709. The van der Waals surface area contributed by atoms with E-state index in [0.717, 1.165) is 17.7 Å². The Balaban J connectivity index is 2.08. The van der Waals surface area contributed by atoms with Gasteiger partial charge in [-0.05, 0) is 48.6 Å². The minimum Gasteiger partial charge on any atom is -0.493 e. The Hall–Kier alpha value is -0.800. The van der Waals surface area contributed by atoms with Crippen LogP contribution in [0.2, 0.25) is 5.02 Å². The molecule has 94 valence electrons. The fourth-order valence-corrected chi connectivity index (χ4v) is 2.25. The normalized spacial score (nSPS) is 22.5. The summed E-state index contributed by atoms with van der Waals surface area (Å²) >= 11 is 5.99. The summed E-state index contributed by atoms with van der Waals surface area (Å²) in [4.78, 5) is 0. The molecule has 0 heterocycles. The Morgan fingerprint density at radius 1 is 1.47 bits per heavy atom. The predicted octanol–water partition coefficient (Wildman–Crippen LogP) is 3.14. The smallest absolute Gasteiger partial charge is 0.122 e. The van der Waals surface area contributed by atoms with Crippen molar-refractivity contribution < 1.29 is 9.13 Å². The third-order valence-corrected chi connectivity index (χ3v) is 3.37. The van der Waals surface area contributed by atoms with Crippen LogP contribution >= 0.6 is 11.6 Å². The summed E-state index contributed by atoms with van der Waals surface area (Å²) < 4.78 is 17.6. The van der Waals surface area contributed by atoms with Gasteiger partial charge in [0.05, 0.1) is 13.3 Å². The van der Waals surface area contributed by atoms with Crippen LogP contribution in [-0.4, -0.2) is 19.8 Å². The van der Waals surface area contributed by atoms with Crippen molar-refractivity contribution in [3.05, 3.63) is 28.8 Å². The molecular weight excluding hydrogens is 241 g/mol. The van der Waals surface area contributed by atoms with E-state index in [1.807, 2.05) is 12.1 Å². The van der Waals surface area contributed by atoms with Crippen molar-refractivity contribution in [3.8, 4) is 5.75 Å². The number of ether oxygens (including phenoxy) is 1. The highest BCUT2D eigenvalue weighted by Gasteiger charge is 2.38. The lowest BCUT2D eigenvalue weighted by Gasteiger charge is -2.11. The van der Waals surface area contributed by atoms with Gasteiger partial charge in [0.1, 0.15) is 5.75 Å². The SMILES string of the molecule is NC[C@@H]1C[C@H]1c1cc(Cl)ccc1OCCCF. The molecule has 17 heavy (non-hydrogen) atoms. The van der Waals surface area contributed by atoms with Crippen LogP contribution < -0.4 is 10.5 Å². The molecular formula is C13H17ClFNO. The zero-order chi connectivity index (χ0) is 12.3. The van der Waals surface area contributed by atoms with Gasteiger partial charge < -0.3 is 10.5 Å². The number of nitrogens with two attached hydrogens (primary N) is 1. The highest BCUT2D eigenvalue weighted by Crippen LogP contribution is 2.50. The number of alkyl halides is 1. The molecule has 1 aliphatic rings. The van der Waals surface area contributed by atoms with Crippen molar-refractivity contribution in [1.82, 2.24) is 0 Å². The average molecular weight is 258 g/mol. The molecule has 1 aliphatic carbocycles. The first-order chi connectivity index (χ1) is 8.26. The molecule has 1 saturated carbocycles. The highest BCUT2D eigenvalue weighted by molar-refractivity contribution is 6.30. The Labute approximate surface area is 106 Å². The van der Waals surface area contributed by atoms with Crippen LogP contribution in [0.1, 0.15) is 24.3 Å². The molecule has 0 radical (unpaired) electrons. The van der Waals surface area contributed by atoms with Crippen molar-refractivity contribution >= 4 is 11.6 Å². The summed E-state index contributed by atoms with van der Waals surface area (Å²) in [6, 6.07) is 5.60. The van der Waals surface area contributed by atoms with Gasteiger partial charge in [-0.3, -0.25) is 4.39 Å². The molecule has 0 saturated heterocycles. The first-order valence-corrected chi connectivity index (χ1v) is 6.32. The maximum absolute atomic E-state index is 12.0. The molecule has 2 N–H and O–H groups in total. The van der Waals surface area contributed by atoms with Crippen molar-refractivity contribution in [3.63, 3.8) is 0 Å². The van der Waals surface area contributed by atoms with Crippen LogP contribution in [0, 0.1) is 5.92 Å². The van der Waals surface area contributed by atoms with Crippen LogP contribution in [-0.2, 0) is 0 Å². The average Bonchev–Trinajstić information content (AvgIpc) is 3.10. The minimum atomic E-state index is -0.349. The van der Waals surface area contributed by atoms with Gasteiger partial charge in [0, 0.05) is 11.4 Å². The van der Waals surface area contributed by atoms with Gasteiger partial charge in [0.15, 0.2) is 0 Å². The first-order valence-electron chi connectivity index (χ1n) is 5.94. The second-order valence-corrected chi connectivity index (χ2v) is 4.85. The number of benzene rings is 1. The minimum absolute atomic E-state index is 0.349. The lowest BCUT2D eigenvalue weighted by Crippen LogP contribution is -2.04. The molecule has 0 spiro atoms. The van der Waals surface area contributed by atoms with E-state index in [0.29, 0.717) is 36.4 Å². The third-order valence-electron chi connectivity index (χ3n) is 3.13. The van der Waals surface area contributed by atoms with E-state index in [-0.39, 0.29) is 6.67 Å². The second kappa shape index (κ2) is 5.69. The second-order valence-electron chi connectivity index (χ2n) is 4.41. The van der Waals surface area contributed by atoms with Gasteiger partial charge >= 0.3 is 0 Å². The number of halogens is 2. The van der Waals surface area contributed by atoms with Gasteiger partial charge in [-0.2, -0.15) is 0 Å². The van der Waals surface area contributed by atoms with Crippen LogP contribution in [0.4, 0.5) is 4.39 Å². The number of hydrogen-bond donors (Lipinski definition) is 1. The molecule has 1 fully saturated rings. The standard InChI is InChI=1S/C13H17ClFNO/c14-10-2-3-13(17-5-1-4-15)12(7-10)11-6-9(11)8-16/h2-3,7,9,11H,1,4-6,8,16H2/t9-,11+/m0/s1. The third kappa shape index (κ3) is 3.11. The fourth-order valence-electron chi connectivity index (χ4n) is 2.07. The lowest BCUT2D eigenvalue weighted by molar-refractivity contribution is 0.287. The largest absolute Gasteiger partial charge is 0.493 e. The summed E-state index contributed by atoms with van der Waals surface area (Å²) in [6.45, 7) is 0.754. The monoisotopic (exact) mass is 257 g/mol. The van der Waals surface area contributed by atoms with Crippen molar-refractivity contribution in [2.45, 2.75) is 18.8 Å². The molecule has 2 atom stereocenters. The van der Waals surface area contributed by atoms with Crippen LogP contribution in [0.15, 0.2) is 18.2 Å². The van der Waals surface area contributed by atoms with E-state index in [4.69, 9.17) is 22.1 Å². The van der Waals surface area contributed by atoms with Crippen LogP contribution in [0.3, 0.4) is 0 Å². The zero-order valence-electron chi connectivity index (χ0n) is 9.66. The molecule has 1 aromatic carbocycles. The molecule has 1 aromatic rings. The van der Waals surface area contributed by atoms with Crippen LogP contribution in [0.5, 0.6) is 5.75 Å². The molecule has 2 nitrogen and oxygen atoms in total. The van der Waals surface area contributed by atoms with E-state index in [1.54, 1.807) is 6.07 Å². The topological polar surface area (TPSA) is 35.2 Å². The maximum atomic E-state index is 12.0. The van der Waals surface area contributed by atoms with E-state index in [2.05, 4.69) is 0 Å². The highest BCUT2D eigenvalue weighted by atomic mass is 35.5. The van der Waals surface area contributed by atoms with Gasteiger partial charge in [-0.1, -0.05) is 11.6 Å². The zero-order valence-corrected chi connectivity index (χ0v) is 10.4. The predicted molar refractivity (Wildman–Crippen MR) is 67.4 cm³/mol. The Kier molecular flexibility index (Phi) is 4.24. The molecule has 0 bridgehead atoms. The summed E-state index contributed by atoms with van der Waals surface area (Å²) in [7, 11) is 0. The van der Waals surface area contributed by atoms with Gasteiger partial charge in [-0.25, -0.2) is 0 Å². The molecule has 0 amide bonds. The Bertz CT molecular complexity index is 386. The fraction of sp³-hybridized carbons (Fsp3) is 0.538. The summed E-state index contributed by atoms with van der Waals surface area (Å²) in [5.41, 5.74) is 6.77. The quantitative estimate of drug-likeness (QED) is 0.795. The number of hydrogen-bond acceptors (Lipinski definition) is 2. The maximum Gasteiger partial charge on any atom is 0.122 e. The molecule has 0 unspecified atom stereocenters. The van der Waals surface area contributed by atoms with E-state index >= 15 is 0 Å². The van der Waals surface area contributed by atoms with E-state index in [1.165, 1.54) is 0 Å². The van der Waals surface area contributed by atoms with E-state index in [9.17, 15) is 4.39 Å². The Morgan fingerprint density at radius 2 is 2.29 bits per heavy atom. The van der Waals surface area contributed by atoms with Crippen molar-refractivity contribution in [1.29, 1.82) is 0 Å². The molecule has 0 aromatic heterocycles. The Morgan fingerprint density at radius 3 is 2.94 bits per heavy atom.